The zero-order valence-electron chi connectivity index (χ0n) is 13.4. The van der Waals surface area contributed by atoms with E-state index in [0.29, 0.717) is 6.04 Å². The summed E-state index contributed by atoms with van der Waals surface area (Å²) >= 11 is 1.91. The highest BCUT2D eigenvalue weighted by atomic mass is 32.1. The van der Waals surface area contributed by atoms with Gasteiger partial charge in [0, 0.05) is 10.9 Å². The Morgan fingerprint density at radius 2 is 2.00 bits per heavy atom. The predicted octanol–water partition coefficient (Wildman–Crippen LogP) is 4.34. The van der Waals surface area contributed by atoms with Crippen LogP contribution in [0, 0.1) is 13.8 Å². The first-order valence-corrected chi connectivity index (χ1v) is 8.68. The van der Waals surface area contributed by atoms with E-state index in [9.17, 15) is 0 Å². The zero-order chi connectivity index (χ0) is 15.0. The molecule has 1 aliphatic rings. The topological polar surface area (TPSA) is 24.9 Å². The van der Waals surface area contributed by atoms with Crippen molar-refractivity contribution in [3.05, 3.63) is 50.5 Å². The highest BCUT2D eigenvalue weighted by Crippen LogP contribution is 2.34. The maximum absolute atomic E-state index is 4.95. The first-order valence-electron chi connectivity index (χ1n) is 7.86. The lowest BCUT2D eigenvalue weighted by molar-refractivity contribution is 0.524. The average Bonchev–Trinajstić information content (AvgIpc) is 2.99. The summed E-state index contributed by atoms with van der Waals surface area (Å²) < 4.78 is 0. The van der Waals surface area contributed by atoms with Gasteiger partial charge >= 0.3 is 0 Å². The molecule has 0 bridgehead atoms. The van der Waals surface area contributed by atoms with Crippen molar-refractivity contribution < 1.29 is 0 Å². The molecule has 0 aliphatic heterocycles. The largest absolute Gasteiger partial charge is 0.302 e. The van der Waals surface area contributed by atoms with Crippen molar-refractivity contribution in [2.75, 3.05) is 0 Å². The molecule has 3 heteroatoms. The maximum atomic E-state index is 4.95. The van der Waals surface area contributed by atoms with Gasteiger partial charge in [-0.1, -0.05) is 23.8 Å². The summed E-state index contributed by atoms with van der Waals surface area (Å²) in [6, 6.07) is 7.38. The number of hydrogen-bond acceptors (Lipinski definition) is 3. The van der Waals surface area contributed by atoms with Gasteiger partial charge in [-0.15, -0.1) is 11.3 Å². The summed E-state index contributed by atoms with van der Waals surface area (Å²) in [6.45, 7) is 8.78. The molecule has 1 heterocycles. The first kappa shape index (κ1) is 14.7. The van der Waals surface area contributed by atoms with Crippen LogP contribution >= 0.6 is 11.3 Å². The van der Waals surface area contributed by atoms with Crippen LogP contribution in [0.4, 0.5) is 0 Å². The van der Waals surface area contributed by atoms with E-state index in [4.69, 9.17) is 4.98 Å². The van der Waals surface area contributed by atoms with Crippen LogP contribution in [-0.2, 0) is 12.8 Å². The summed E-state index contributed by atoms with van der Waals surface area (Å²) in [4.78, 5) is 6.45. The molecule has 0 saturated heterocycles. The number of rotatable bonds is 4. The van der Waals surface area contributed by atoms with Crippen LogP contribution in [0.25, 0.3) is 0 Å². The van der Waals surface area contributed by atoms with Crippen LogP contribution in [-0.4, -0.2) is 11.0 Å². The van der Waals surface area contributed by atoms with Crippen molar-refractivity contribution >= 4 is 11.3 Å². The quantitative estimate of drug-likeness (QED) is 0.908. The molecule has 0 amide bonds. The number of nitrogens with zero attached hydrogens (tertiary/aromatic N) is 1. The lowest BCUT2D eigenvalue weighted by Crippen LogP contribution is -2.29. The number of thiazole rings is 1. The molecule has 1 aromatic heterocycles. The Bertz CT molecular complexity index is 621. The minimum Gasteiger partial charge on any atom is -0.302 e. The summed E-state index contributed by atoms with van der Waals surface area (Å²) in [5.41, 5.74) is 5.37. The molecule has 0 saturated carbocycles. The smallest absolute Gasteiger partial charge is 0.115 e. The second-order valence-electron chi connectivity index (χ2n) is 6.39. The van der Waals surface area contributed by atoms with Gasteiger partial charge in [0.05, 0.1) is 11.7 Å². The SMILES string of the molecule is Cc1ccc(C)c(C(NC(C)C)c2nc3c(s2)CCC3)c1. The molecule has 1 N–H and O–H groups in total. The number of aryl methyl sites for hydroxylation is 4. The number of fused-ring (bicyclic) bond motifs is 1. The highest BCUT2D eigenvalue weighted by Gasteiger charge is 2.24. The van der Waals surface area contributed by atoms with E-state index in [1.54, 1.807) is 0 Å². The third-order valence-electron chi connectivity index (χ3n) is 4.10. The van der Waals surface area contributed by atoms with Crippen LogP contribution in [0.1, 0.15) is 58.6 Å². The van der Waals surface area contributed by atoms with E-state index in [1.807, 2.05) is 11.3 Å². The molecule has 112 valence electrons. The molecule has 3 rings (SSSR count). The van der Waals surface area contributed by atoms with E-state index in [2.05, 4.69) is 51.2 Å². The number of hydrogen-bond donors (Lipinski definition) is 1. The van der Waals surface area contributed by atoms with Crippen molar-refractivity contribution in [3.8, 4) is 0 Å². The minimum atomic E-state index is 0.223. The molecule has 21 heavy (non-hydrogen) atoms. The summed E-state index contributed by atoms with van der Waals surface area (Å²) in [6.07, 6.45) is 3.65. The Balaban J connectivity index is 2.02. The van der Waals surface area contributed by atoms with Crippen molar-refractivity contribution in [2.45, 2.75) is 59.0 Å². The van der Waals surface area contributed by atoms with E-state index < -0.39 is 0 Å². The zero-order valence-corrected chi connectivity index (χ0v) is 14.2. The molecule has 0 spiro atoms. The molecule has 2 aromatic rings. The summed E-state index contributed by atoms with van der Waals surface area (Å²) in [5.74, 6) is 0. The molecule has 0 fully saturated rings. The predicted molar refractivity (Wildman–Crippen MR) is 90.2 cm³/mol. The second-order valence-corrected chi connectivity index (χ2v) is 7.51. The van der Waals surface area contributed by atoms with Crippen molar-refractivity contribution in [1.29, 1.82) is 0 Å². The van der Waals surface area contributed by atoms with E-state index in [-0.39, 0.29) is 6.04 Å². The average molecular weight is 300 g/mol. The van der Waals surface area contributed by atoms with Gasteiger partial charge in [-0.05, 0) is 58.1 Å². The molecule has 1 aliphatic carbocycles. The first-order chi connectivity index (χ1) is 10.0. The molecule has 2 nitrogen and oxygen atoms in total. The van der Waals surface area contributed by atoms with Crippen LogP contribution in [0.2, 0.25) is 0 Å². The van der Waals surface area contributed by atoms with Crippen molar-refractivity contribution in [2.24, 2.45) is 0 Å². The van der Waals surface area contributed by atoms with Crippen LogP contribution < -0.4 is 5.32 Å². The van der Waals surface area contributed by atoms with Gasteiger partial charge in [0.1, 0.15) is 5.01 Å². The Hall–Kier alpha value is -1.19. The number of nitrogens with one attached hydrogen (secondary N) is 1. The Kier molecular flexibility index (Phi) is 4.14. The lowest BCUT2D eigenvalue weighted by Gasteiger charge is -2.22. The molecule has 1 aromatic carbocycles. The van der Waals surface area contributed by atoms with Gasteiger partial charge in [0.15, 0.2) is 0 Å². The number of aromatic nitrogens is 1. The van der Waals surface area contributed by atoms with Gasteiger partial charge in [0.25, 0.3) is 0 Å². The number of benzene rings is 1. The molecule has 0 radical (unpaired) electrons. The molecular weight excluding hydrogens is 276 g/mol. The van der Waals surface area contributed by atoms with E-state index >= 15 is 0 Å². The Morgan fingerprint density at radius 3 is 2.71 bits per heavy atom. The van der Waals surface area contributed by atoms with Crippen molar-refractivity contribution in [1.82, 2.24) is 10.3 Å². The van der Waals surface area contributed by atoms with Crippen LogP contribution in [0.15, 0.2) is 18.2 Å². The van der Waals surface area contributed by atoms with Gasteiger partial charge in [-0.3, -0.25) is 0 Å². The minimum absolute atomic E-state index is 0.223. The fourth-order valence-corrected chi connectivity index (χ4v) is 4.27. The second kappa shape index (κ2) is 5.90. The van der Waals surface area contributed by atoms with E-state index in [1.165, 1.54) is 45.1 Å². The van der Waals surface area contributed by atoms with Crippen LogP contribution in [0.5, 0.6) is 0 Å². The van der Waals surface area contributed by atoms with Crippen molar-refractivity contribution in [3.63, 3.8) is 0 Å². The van der Waals surface area contributed by atoms with E-state index in [0.717, 1.165) is 6.42 Å². The van der Waals surface area contributed by atoms with Gasteiger partial charge < -0.3 is 5.32 Å². The third kappa shape index (κ3) is 3.04. The van der Waals surface area contributed by atoms with Crippen LogP contribution in [0.3, 0.4) is 0 Å². The Morgan fingerprint density at radius 1 is 1.19 bits per heavy atom. The molecule has 1 unspecified atom stereocenters. The van der Waals surface area contributed by atoms with Gasteiger partial charge in [0.2, 0.25) is 0 Å². The monoisotopic (exact) mass is 300 g/mol. The maximum Gasteiger partial charge on any atom is 0.115 e. The summed E-state index contributed by atoms with van der Waals surface area (Å²) in [5, 5.41) is 4.96. The summed E-state index contributed by atoms with van der Waals surface area (Å²) in [7, 11) is 0. The lowest BCUT2D eigenvalue weighted by atomic mass is 9.98. The molecule has 1 atom stereocenters. The fourth-order valence-electron chi connectivity index (χ4n) is 3.03. The Labute approximate surface area is 131 Å². The fraction of sp³-hybridized carbons (Fsp3) is 0.500. The third-order valence-corrected chi connectivity index (χ3v) is 5.33. The molecular formula is C18H24N2S. The van der Waals surface area contributed by atoms with Gasteiger partial charge in [-0.25, -0.2) is 4.98 Å². The normalized spacial score (nSPS) is 15.5. The van der Waals surface area contributed by atoms with Gasteiger partial charge in [-0.2, -0.15) is 0 Å². The highest BCUT2D eigenvalue weighted by molar-refractivity contribution is 7.11. The standard InChI is InChI=1S/C18H24N2S/c1-11(2)19-17(14-10-12(3)8-9-13(14)4)18-20-15-6-5-7-16(15)21-18/h8-11,17,19H,5-7H2,1-4H3.